The summed E-state index contributed by atoms with van der Waals surface area (Å²) in [6.45, 7) is 0.429. The normalized spacial score (nSPS) is 29.4. The third-order valence-electron chi connectivity index (χ3n) is 3.38. The number of nitrogens with zero attached hydrogens (tertiary/aromatic N) is 2. The summed E-state index contributed by atoms with van der Waals surface area (Å²) < 4.78 is 42.6. The molecule has 22 heavy (non-hydrogen) atoms. The minimum atomic E-state index is -4.60. The first kappa shape index (κ1) is 16.9. The summed E-state index contributed by atoms with van der Waals surface area (Å²) in [5, 5.41) is 25.6. The van der Waals surface area contributed by atoms with Crippen molar-refractivity contribution in [2.45, 2.75) is 30.5 Å². The van der Waals surface area contributed by atoms with Gasteiger partial charge in [-0.3, -0.25) is 4.98 Å². The van der Waals surface area contributed by atoms with Crippen LogP contribution < -0.4 is 10.6 Å². The van der Waals surface area contributed by atoms with E-state index in [1.807, 2.05) is 0 Å². The maximum atomic E-state index is 12.6. The minimum Gasteiger partial charge on any atom is -0.389 e. The number of aliphatic hydroxyl groups is 2. The van der Waals surface area contributed by atoms with Crippen LogP contribution in [-0.4, -0.2) is 64.7 Å². The van der Waals surface area contributed by atoms with E-state index in [1.54, 1.807) is 0 Å². The highest BCUT2D eigenvalue weighted by atomic mass is 19.4. The molecule has 10 heteroatoms. The molecule has 1 aliphatic rings. The van der Waals surface area contributed by atoms with Crippen molar-refractivity contribution in [3.8, 4) is 0 Å². The molecule has 1 aromatic heterocycles. The van der Waals surface area contributed by atoms with Crippen LogP contribution in [0.25, 0.3) is 0 Å². The molecule has 0 amide bonds. The zero-order valence-corrected chi connectivity index (χ0v) is 11.7. The van der Waals surface area contributed by atoms with Gasteiger partial charge in [-0.25, -0.2) is 4.98 Å². The summed E-state index contributed by atoms with van der Waals surface area (Å²) in [4.78, 5) is 6.88. The highest BCUT2D eigenvalue weighted by molar-refractivity contribution is 5.35. The molecule has 2 heterocycles. The standard InChI is InChI=1S/C12H17F3N4O3/c1-22-5-7-11(21)10(20)6(2-17-7)18-9-4-16-3-8(19-9)12(13,14)15/h3-4,6-7,10-11,17,20-21H,2,5H2,1H3,(H,18,19)/t6-,7+,10+,11-/m0/s1. The van der Waals surface area contributed by atoms with Gasteiger partial charge >= 0.3 is 6.18 Å². The van der Waals surface area contributed by atoms with E-state index < -0.39 is 36.2 Å². The Kier molecular flexibility index (Phi) is 5.16. The second-order valence-electron chi connectivity index (χ2n) is 4.99. The van der Waals surface area contributed by atoms with Crippen LogP contribution in [0, 0.1) is 0 Å². The van der Waals surface area contributed by atoms with Gasteiger partial charge in [-0.2, -0.15) is 13.2 Å². The maximum Gasteiger partial charge on any atom is 0.434 e. The second kappa shape index (κ2) is 6.73. The molecule has 1 aliphatic heterocycles. The van der Waals surface area contributed by atoms with Crippen molar-refractivity contribution in [3.63, 3.8) is 0 Å². The van der Waals surface area contributed by atoms with Gasteiger partial charge in [0.2, 0.25) is 0 Å². The van der Waals surface area contributed by atoms with E-state index >= 15 is 0 Å². The number of piperidine rings is 1. The fraction of sp³-hybridized carbons (Fsp3) is 0.667. The van der Waals surface area contributed by atoms with Crippen molar-refractivity contribution in [2.24, 2.45) is 0 Å². The molecule has 124 valence electrons. The molecule has 0 spiro atoms. The monoisotopic (exact) mass is 322 g/mol. The average molecular weight is 322 g/mol. The topological polar surface area (TPSA) is 99.5 Å². The molecule has 4 N–H and O–H groups in total. The smallest absolute Gasteiger partial charge is 0.389 e. The maximum absolute atomic E-state index is 12.6. The molecule has 0 saturated carbocycles. The van der Waals surface area contributed by atoms with Crippen LogP contribution >= 0.6 is 0 Å². The number of aromatic nitrogens is 2. The Labute approximate surface area is 124 Å². The number of nitrogens with one attached hydrogen (secondary N) is 2. The summed E-state index contributed by atoms with van der Waals surface area (Å²) >= 11 is 0. The third kappa shape index (κ3) is 3.83. The molecule has 1 fully saturated rings. The van der Waals surface area contributed by atoms with Gasteiger partial charge in [0.05, 0.1) is 37.2 Å². The lowest BCUT2D eigenvalue weighted by Gasteiger charge is -2.38. The molecule has 0 bridgehead atoms. The quantitative estimate of drug-likeness (QED) is 0.599. The van der Waals surface area contributed by atoms with Crippen molar-refractivity contribution in [2.75, 3.05) is 25.6 Å². The molecule has 7 nitrogen and oxygen atoms in total. The fourth-order valence-corrected chi connectivity index (χ4v) is 2.23. The van der Waals surface area contributed by atoms with Gasteiger partial charge in [0.25, 0.3) is 0 Å². The summed E-state index contributed by atoms with van der Waals surface area (Å²) in [6.07, 6.45) is -5.17. The minimum absolute atomic E-state index is 0.127. The summed E-state index contributed by atoms with van der Waals surface area (Å²) in [5.41, 5.74) is -1.13. The zero-order valence-electron chi connectivity index (χ0n) is 11.7. The number of ether oxygens (including phenoxy) is 1. The number of rotatable bonds is 4. The van der Waals surface area contributed by atoms with Crippen LogP contribution in [-0.2, 0) is 10.9 Å². The Balaban J connectivity index is 2.05. The zero-order chi connectivity index (χ0) is 16.3. The van der Waals surface area contributed by atoms with Crippen LogP contribution in [0.15, 0.2) is 12.4 Å². The van der Waals surface area contributed by atoms with E-state index in [0.29, 0.717) is 6.20 Å². The van der Waals surface area contributed by atoms with Gasteiger partial charge in [0, 0.05) is 13.7 Å². The largest absolute Gasteiger partial charge is 0.434 e. The predicted octanol–water partition coefficient (Wildman–Crippen LogP) is -0.384. The second-order valence-corrected chi connectivity index (χ2v) is 4.99. The van der Waals surface area contributed by atoms with Crippen molar-refractivity contribution in [3.05, 3.63) is 18.1 Å². The number of alkyl halides is 3. The molecular formula is C12H17F3N4O3. The van der Waals surface area contributed by atoms with Crippen LogP contribution in [0.2, 0.25) is 0 Å². The van der Waals surface area contributed by atoms with Gasteiger partial charge in [-0.05, 0) is 0 Å². The van der Waals surface area contributed by atoms with Crippen LogP contribution in [0.3, 0.4) is 0 Å². The Morgan fingerprint density at radius 2 is 2.09 bits per heavy atom. The van der Waals surface area contributed by atoms with Crippen LogP contribution in [0.1, 0.15) is 5.69 Å². The van der Waals surface area contributed by atoms with Gasteiger partial charge in [0.15, 0.2) is 5.69 Å². The lowest BCUT2D eigenvalue weighted by Crippen LogP contribution is -2.63. The van der Waals surface area contributed by atoms with Crippen LogP contribution in [0.5, 0.6) is 0 Å². The molecule has 2 rings (SSSR count). The summed E-state index contributed by atoms with van der Waals surface area (Å²) in [7, 11) is 1.46. The number of aliphatic hydroxyl groups excluding tert-OH is 2. The van der Waals surface area contributed by atoms with Crippen molar-refractivity contribution in [1.29, 1.82) is 0 Å². The Hall–Kier alpha value is -1.49. The number of halogens is 3. The van der Waals surface area contributed by atoms with E-state index in [2.05, 4.69) is 20.6 Å². The van der Waals surface area contributed by atoms with Gasteiger partial charge in [0.1, 0.15) is 11.9 Å². The van der Waals surface area contributed by atoms with Crippen molar-refractivity contribution >= 4 is 5.82 Å². The van der Waals surface area contributed by atoms with Crippen molar-refractivity contribution < 1.29 is 28.1 Å². The first-order valence-electron chi connectivity index (χ1n) is 6.57. The SMILES string of the molecule is COC[C@H]1NC[C@H](Nc2cncc(C(F)(F)F)n2)[C@@H](O)[C@H]1O. The van der Waals surface area contributed by atoms with E-state index in [4.69, 9.17) is 4.74 Å². The highest BCUT2D eigenvalue weighted by Gasteiger charge is 2.38. The molecule has 1 saturated heterocycles. The van der Waals surface area contributed by atoms with Crippen LogP contribution in [0.4, 0.5) is 19.0 Å². The van der Waals surface area contributed by atoms with Gasteiger partial charge in [-0.1, -0.05) is 0 Å². The molecular weight excluding hydrogens is 305 g/mol. The number of anilines is 1. The molecule has 0 aliphatic carbocycles. The van der Waals surface area contributed by atoms with E-state index in [0.717, 1.165) is 6.20 Å². The molecule has 0 unspecified atom stereocenters. The predicted molar refractivity (Wildman–Crippen MR) is 70.1 cm³/mol. The van der Waals surface area contributed by atoms with E-state index in [-0.39, 0.29) is 19.0 Å². The Morgan fingerprint density at radius 3 is 2.73 bits per heavy atom. The van der Waals surface area contributed by atoms with Gasteiger partial charge in [-0.15, -0.1) is 0 Å². The lowest BCUT2D eigenvalue weighted by molar-refractivity contribution is -0.141. The van der Waals surface area contributed by atoms with E-state index in [9.17, 15) is 23.4 Å². The van der Waals surface area contributed by atoms with Gasteiger partial charge < -0.3 is 25.6 Å². The van der Waals surface area contributed by atoms with Crippen molar-refractivity contribution in [1.82, 2.24) is 15.3 Å². The number of methoxy groups -OCH3 is 1. The van der Waals surface area contributed by atoms with E-state index in [1.165, 1.54) is 7.11 Å². The third-order valence-corrected chi connectivity index (χ3v) is 3.38. The fourth-order valence-electron chi connectivity index (χ4n) is 2.23. The number of hydrogen-bond donors (Lipinski definition) is 4. The Morgan fingerprint density at radius 1 is 1.36 bits per heavy atom. The molecule has 0 aromatic carbocycles. The lowest BCUT2D eigenvalue weighted by atomic mass is 9.94. The number of hydrogen-bond acceptors (Lipinski definition) is 7. The highest BCUT2D eigenvalue weighted by Crippen LogP contribution is 2.27. The summed E-state index contributed by atoms with van der Waals surface area (Å²) in [5.74, 6) is -0.127. The first-order valence-corrected chi connectivity index (χ1v) is 6.57. The summed E-state index contributed by atoms with van der Waals surface area (Å²) in [6, 6.07) is -1.16. The Bertz CT molecular complexity index is 503. The molecule has 0 radical (unpaired) electrons. The molecule has 1 aromatic rings. The first-order chi connectivity index (χ1) is 10.3. The average Bonchev–Trinajstić information content (AvgIpc) is 2.46. The molecule has 4 atom stereocenters.